The predicted octanol–water partition coefficient (Wildman–Crippen LogP) is 2.74. The molecule has 1 aliphatic heterocycles. The van der Waals surface area contributed by atoms with Gasteiger partial charge in [-0.2, -0.15) is 0 Å². The fourth-order valence-corrected chi connectivity index (χ4v) is 3.01. The van der Waals surface area contributed by atoms with Crippen LogP contribution < -0.4 is 0 Å². The number of nitrogens with zero attached hydrogens (tertiary/aromatic N) is 1. The van der Waals surface area contributed by atoms with Crippen LogP contribution >= 0.6 is 38.5 Å². The number of carboxylic acid groups (broad SMARTS) is 1. The van der Waals surface area contributed by atoms with Gasteiger partial charge in [0.15, 0.2) is 0 Å². The van der Waals surface area contributed by atoms with Crippen molar-refractivity contribution in [3.8, 4) is 0 Å². The highest BCUT2D eigenvalue weighted by atomic mass is 127. The molecule has 1 fully saturated rings. The number of likely N-dealkylation sites (tertiary alicyclic amines) is 1. The summed E-state index contributed by atoms with van der Waals surface area (Å²) in [4.78, 5) is 24.9. The lowest BCUT2D eigenvalue weighted by atomic mass is 10.1. The van der Waals surface area contributed by atoms with Gasteiger partial charge in [-0.3, -0.25) is 4.79 Å². The van der Waals surface area contributed by atoms with Crippen molar-refractivity contribution in [2.45, 2.75) is 18.9 Å². The Hall–Kier alpha value is -0.630. The third-order valence-corrected chi connectivity index (χ3v) is 4.39. The number of benzene rings is 1. The molecule has 1 N–H and O–H groups in total. The molecule has 0 spiro atoms. The Kier molecular flexibility index (Phi) is 4.26. The van der Waals surface area contributed by atoms with Crippen molar-refractivity contribution in [2.75, 3.05) is 6.54 Å². The van der Waals surface area contributed by atoms with Gasteiger partial charge in [0.25, 0.3) is 5.91 Å². The summed E-state index contributed by atoms with van der Waals surface area (Å²) >= 11 is 5.41. The largest absolute Gasteiger partial charge is 0.480 e. The minimum Gasteiger partial charge on any atom is -0.480 e. The van der Waals surface area contributed by atoms with Gasteiger partial charge in [-0.25, -0.2) is 4.79 Å². The topological polar surface area (TPSA) is 57.6 Å². The van der Waals surface area contributed by atoms with E-state index in [1.54, 1.807) is 6.07 Å². The van der Waals surface area contributed by atoms with Crippen LogP contribution in [0.5, 0.6) is 0 Å². The molecule has 6 heteroatoms. The molecule has 1 amide bonds. The molecule has 0 bridgehead atoms. The van der Waals surface area contributed by atoms with E-state index in [-0.39, 0.29) is 5.91 Å². The molecule has 1 aromatic rings. The number of aliphatic carboxylic acids is 1. The lowest BCUT2D eigenvalue weighted by Gasteiger charge is -2.22. The molecule has 1 aromatic carbocycles. The van der Waals surface area contributed by atoms with Crippen LogP contribution in [0.4, 0.5) is 0 Å². The minimum atomic E-state index is -0.925. The van der Waals surface area contributed by atoms with E-state index < -0.39 is 12.0 Å². The molecule has 0 aromatic heterocycles. The average molecular weight is 424 g/mol. The summed E-state index contributed by atoms with van der Waals surface area (Å²) in [5, 5.41) is 9.10. The van der Waals surface area contributed by atoms with E-state index in [2.05, 4.69) is 38.5 Å². The molecule has 1 unspecified atom stereocenters. The minimum absolute atomic E-state index is 0.203. The summed E-state index contributed by atoms with van der Waals surface area (Å²) < 4.78 is 1.65. The molecule has 1 atom stereocenters. The Labute approximate surface area is 127 Å². The van der Waals surface area contributed by atoms with Gasteiger partial charge in [0, 0.05) is 14.6 Å². The second-order valence-corrected chi connectivity index (χ2v) is 6.20. The lowest BCUT2D eigenvalue weighted by Crippen LogP contribution is -2.40. The number of amides is 1. The van der Waals surface area contributed by atoms with Crippen LogP contribution in [0.1, 0.15) is 23.2 Å². The maximum Gasteiger partial charge on any atom is 0.326 e. The van der Waals surface area contributed by atoms with Crippen molar-refractivity contribution < 1.29 is 14.7 Å². The normalized spacial score (nSPS) is 19.0. The first-order valence-electron chi connectivity index (χ1n) is 5.49. The van der Waals surface area contributed by atoms with E-state index >= 15 is 0 Å². The number of halogens is 2. The Morgan fingerprint density at radius 2 is 2.17 bits per heavy atom. The molecule has 1 heterocycles. The van der Waals surface area contributed by atoms with Crippen molar-refractivity contribution in [1.82, 2.24) is 4.90 Å². The number of rotatable bonds is 2. The highest BCUT2D eigenvalue weighted by molar-refractivity contribution is 14.1. The van der Waals surface area contributed by atoms with Crippen molar-refractivity contribution in [1.29, 1.82) is 0 Å². The summed E-state index contributed by atoms with van der Waals surface area (Å²) in [6, 6.07) is 4.75. The Balaban J connectivity index is 2.31. The van der Waals surface area contributed by atoms with E-state index in [9.17, 15) is 9.59 Å². The molecule has 0 saturated carbocycles. The third kappa shape index (κ3) is 2.69. The molecule has 96 valence electrons. The standard InChI is InChI=1S/C12H11BrINO3/c13-7-3-4-9(14)8(6-7)11(16)15-5-1-2-10(15)12(17)18/h3-4,6,10H,1-2,5H2,(H,17,18). The van der Waals surface area contributed by atoms with Crippen LogP contribution in [0.25, 0.3) is 0 Å². The quantitative estimate of drug-likeness (QED) is 0.744. The molecular formula is C12H11BrINO3. The monoisotopic (exact) mass is 423 g/mol. The molecule has 1 saturated heterocycles. The van der Waals surface area contributed by atoms with Crippen molar-refractivity contribution in [3.63, 3.8) is 0 Å². The van der Waals surface area contributed by atoms with Crippen LogP contribution in [0, 0.1) is 3.57 Å². The zero-order valence-corrected chi connectivity index (χ0v) is 13.1. The molecule has 18 heavy (non-hydrogen) atoms. The lowest BCUT2D eigenvalue weighted by molar-refractivity contribution is -0.141. The van der Waals surface area contributed by atoms with E-state index in [1.807, 2.05) is 12.1 Å². The molecular weight excluding hydrogens is 413 g/mol. The van der Waals surface area contributed by atoms with E-state index in [1.165, 1.54) is 4.90 Å². The Morgan fingerprint density at radius 1 is 1.44 bits per heavy atom. The summed E-state index contributed by atoms with van der Waals surface area (Å²) in [6.07, 6.45) is 1.28. The van der Waals surface area contributed by atoms with Crippen molar-refractivity contribution in [3.05, 3.63) is 31.8 Å². The SMILES string of the molecule is O=C(O)C1CCCN1C(=O)c1cc(Br)ccc1I. The average Bonchev–Trinajstić information content (AvgIpc) is 2.80. The van der Waals surface area contributed by atoms with Crippen molar-refractivity contribution >= 4 is 50.4 Å². The molecule has 4 nitrogen and oxygen atoms in total. The summed E-state index contributed by atoms with van der Waals surface area (Å²) in [6.45, 7) is 0.512. The smallest absolute Gasteiger partial charge is 0.326 e. The summed E-state index contributed by atoms with van der Waals surface area (Å²) in [7, 11) is 0. The second-order valence-electron chi connectivity index (χ2n) is 4.12. The first-order valence-corrected chi connectivity index (χ1v) is 7.36. The van der Waals surface area contributed by atoms with Gasteiger partial charge in [-0.1, -0.05) is 15.9 Å². The molecule has 0 aliphatic carbocycles. The van der Waals surface area contributed by atoms with Gasteiger partial charge in [0.2, 0.25) is 0 Å². The summed E-state index contributed by atoms with van der Waals surface area (Å²) in [5.41, 5.74) is 0.554. The van der Waals surface area contributed by atoms with Crippen LogP contribution in [-0.4, -0.2) is 34.5 Å². The fraction of sp³-hybridized carbons (Fsp3) is 0.333. The van der Waals surface area contributed by atoms with Crippen LogP contribution in [-0.2, 0) is 4.79 Å². The number of carbonyl (C=O) groups is 2. The van der Waals surface area contributed by atoms with Gasteiger partial charge in [-0.15, -0.1) is 0 Å². The first-order chi connectivity index (χ1) is 8.50. The highest BCUT2D eigenvalue weighted by Gasteiger charge is 2.34. The van der Waals surface area contributed by atoms with Crippen LogP contribution in [0.3, 0.4) is 0 Å². The van der Waals surface area contributed by atoms with E-state index in [4.69, 9.17) is 5.11 Å². The van der Waals surface area contributed by atoms with E-state index in [0.29, 0.717) is 18.5 Å². The molecule has 0 radical (unpaired) electrons. The number of carbonyl (C=O) groups excluding carboxylic acids is 1. The van der Waals surface area contributed by atoms with Crippen LogP contribution in [0.15, 0.2) is 22.7 Å². The Bertz CT molecular complexity index is 506. The summed E-state index contributed by atoms with van der Waals surface area (Å²) in [5.74, 6) is -1.13. The van der Waals surface area contributed by atoms with Gasteiger partial charge >= 0.3 is 5.97 Å². The number of hydrogen-bond acceptors (Lipinski definition) is 2. The van der Waals surface area contributed by atoms with Crippen molar-refractivity contribution in [2.24, 2.45) is 0 Å². The van der Waals surface area contributed by atoms with Gasteiger partial charge in [-0.05, 0) is 53.6 Å². The first kappa shape index (κ1) is 13.8. The zero-order chi connectivity index (χ0) is 13.3. The molecule has 2 rings (SSSR count). The number of hydrogen-bond donors (Lipinski definition) is 1. The Morgan fingerprint density at radius 3 is 2.83 bits per heavy atom. The highest BCUT2D eigenvalue weighted by Crippen LogP contribution is 2.24. The number of carboxylic acids is 1. The third-order valence-electron chi connectivity index (χ3n) is 2.96. The fourth-order valence-electron chi connectivity index (χ4n) is 2.08. The van der Waals surface area contributed by atoms with Gasteiger partial charge in [0.05, 0.1) is 5.56 Å². The predicted molar refractivity (Wildman–Crippen MR) is 78.6 cm³/mol. The maximum atomic E-state index is 12.4. The van der Waals surface area contributed by atoms with Crippen LogP contribution in [0.2, 0.25) is 0 Å². The van der Waals surface area contributed by atoms with E-state index in [0.717, 1.165) is 14.5 Å². The van der Waals surface area contributed by atoms with Gasteiger partial charge < -0.3 is 10.0 Å². The zero-order valence-electron chi connectivity index (χ0n) is 9.40. The molecule has 1 aliphatic rings. The maximum absolute atomic E-state index is 12.4. The second kappa shape index (κ2) is 5.56. The van der Waals surface area contributed by atoms with Gasteiger partial charge in [0.1, 0.15) is 6.04 Å².